The first-order valence-corrected chi connectivity index (χ1v) is 10.2. The number of Topliss-reactive ketones (excluding diaryl/α,β-unsaturated/α-hetero) is 1. The molecule has 7 nitrogen and oxygen atoms in total. The largest absolute Gasteiger partial charge is 0.383 e. The molecule has 1 aliphatic rings. The third kappa shape index (κ3) is 3.50. The molecular weight excluding hydrogens is 382 g/mol. The average Bonchev–Trinajstić information content (AvgIpc) is 2.73. The van der Waals surface area contributed by atoms with Gasteiger partial charge in [0.2, 0.25) is 0 Å². The monoisotopic (exact) mass is 407 g/mol. The highest BCUT2D eigenvalue weighted by Crippen LogP contribution is 2.35. The smallest absolute Gasteiger partial charge is 0.330 e. The predicted octanol–water partition coefficient (Wildman–Crippen LogP) is 2.77. The van der Waals surface area contributed by atoms with Crippen LogP contribution in [0.3, 0.4) is 0 Å². The fraction of sp³-hybridized carbons (Fsp3) is 0.391. The Bertz CT molecular complexity index is 1220. The number of hydrogen-bond acceptors (Lipinski definition) is 5. The molecular formula is C23H25N3O4. The number of methoxy groups -OCH3 is 1. The van der Waals surface area contributed by atoms with Gasteiger partial charge in [-0.2, -0.15) is 0 Å². The first kappa shape index (κ1) is 20.2. The van der Waals surface area contributed by atoms with Crippen molar-refractivity contribution in [3.63, 3.8) is 0 Å². The summed E-state index contributed by atoms with van der Waals surface area (Å²) in [6.45, 7) is 4.86. The minimum absolute atomic E-state index is 0.0180. The fourth-order valence-electron chi connectivity index (χ4n) is 4.19. The van der Waals surface area contributed by atoms with Crippen LogP contribution in [0.4, 0.5) is 0 Å². The molecule has 1 aromatic carbocycles. The van der Waals surface area contributed by atoms with Crippen LogP contribution in [0.5, 0.6) is 0 Å². The van der Waals surface area contributed by atoms with Gasteiger partial charge < -0.3 is 4.74 Å². The predicted molar refractivity (Wildman–Crippen MR) is 114 cm³/mol. The van der Waals surface area contributed by atoms with Crippen LogP contribution in [0.25, 0.3) is 11.0 Å². The molecule has 7 heteroatoms. The molecule has 0 bridgehead atoms. The number of benzene rings is 1. The van der Waals surface area contributed by atoms with Crippen molar-refractivity contribution in [2.45, 2.75) is 45.1 Å². The van der Waals surface area contributed by atoms with Crippen molar-refractivity contribution in [3.05, 3.63) is 73.6 Å². The first-order chi connectivity index (χ1) is 14.4. The topological polar surface area (TPSA) is 94.1 Å². The van der Waals surface area contributed by atoms with Gasteiger partial charge in [-0.05, 0) is 34.9 Å². The van der Waals surface area contributed by atoms with Crippen LogP contribution in [-0.2, 0) is 17.7 Å². The quantitative estimate of drug-likeness (QED) is 0.702. The van der Waals surface area contributed by atoms with Crippen molar-refractivity contribution in [2.24, 2.45) is 0 Å². The number of H-pyrrole nitrogens is 1. The molecule has 0 amide bonds. The van der Waals surface area contributed by atoms with Crippen molar-refractivity contribution in [3.8, 4) is 0 Å². The van der Waals surface area contributed by atoms with Crippen LogP contribution in [0, 0.1) is 0 Å². The SMILES string of the molecule is COCCn1c(=O)[nH]c(=O)c2c3c(cnc21)C(=O)C[C@H](c1ccc(C(C)C)cc1)C3. The molecule has 4 rings (SSSR count). The second kappa shape index (κ2) is 7.99. The molecule has 0 saturated carbocycles. The maximum atomic E-state index is 12.9. The van der Waals surface area contributed by atoms with Crippen LogP contribution >= 0.6 is 0 Å². The Kier molecular flexibility index (Phi) is 5.39. The van der Waals surface area contributed by atoms with Crippen LogP contribution < -0.4 is 11.2 Å². The third-order valence-corrected chi connectivity index (χ3v) is 5.89. The van der Waals surface area contributed by atoms with E-state index >= 15 is 0 Å². The van der Waals surface area contributed by atoms with Crippen LogP contribution in [0.2, 0.25) is 0 Å². The zero-order valence-electron chi connectivity index (χ0n) is 17.4. The Balaban J connectivity index is 1.83. The molecule has 0 saturated heterocycles. The number of nitrogens with one attached hydrogen (secondary N) is 1. The number of fused-ring (bicyclic) bond motifs is 3. The van der Waals surface area contributed by atoms with E-state index < -0.39 is 11.2 Å². The van der Waals surface area contributed by atoms with E-state index in [1.165, 1.54) is 16.3 Å². The van der Waals surface area contributed by atoms with Gasteiger partial charge in [0.1, 0.15) is 5.65 Å². The molecule has 1 N–H and O–H groups in total. The molecule has 0 radical (unpaired) electrons. The summed E-state index contributed by atoms with van der Waals surface area (Å²) in [5.41, 5.74) is 2.73. The van der Waals surface area contributed by atoms with E-state index in [1.807, 2.05) is 0 Å². The minimum atomic E-state index is -0.528. The molecule has 3 aromatic rings. The van der Waals surface area contributed by atoms with E-state index in [2.05, 4.69) is 48.1 Å². The summed E-state index contributed by atoms with van der Waals surface area (Å²) < 4.78 is 6.47. The van der Waals surface area contributed by atoms with Crippen molar-refractivity contribution in [1.82, 2.24) is 14.5 Å². The zero-order chi connectivity index (χ0) is 21.4. The van der Waals surface area contributed by atoms with E-state index in [1.54, 1.807) is 7.11 Å². The number of carbonyl (C=O) groups is 1. The van der Waals surface area contributed by atoms with Crippen LogP contribution in [0.15, 0.2) is 40.1 Å². The van der Waals surface area contributed by atoms with Gasteiger partial charge in [-0.1, -0.05) is 38.1 Å². The summed E-state index contributed by atoms with van der Waals surface area (Å²) in [4.78, 5) is 44.6. The Morgan fingerprint density at radius 3 is 2.57 bits per heavy atom. The number of ketones is 1. The lowest BCUT2D eigenvalue weighted by Crippen LogP contribution is -2.33. The Morgan fingerprint density at radius 2 is 1.90 bits per heavy atom. The van der Waals surface area contributed by atoms with Crippen molar-refractivity contribution >= 4 is 16.8 Å². The number of pyridine rings is 1. The molecule has 1 atom stereocenters. The average molecular weight is 407 g/mol. The number of carbonyl (C=O) groups excluding carboxylic acids is 1. The lowest BCUT2D eigenvalue weighted by Gasteiger charge is -2.25. The highest BCUT2D eigenvalue weighted by molar-refractivity contribution is 6.02. The number of nitrogens with zero attached hydrogens (tertiary/aromatic N) is 2. The van der Waals surface area contributed by atoms with Gasteiger partial charge in [0.15, 0.2) is 5.78 Å². The number of aromatic amines is 1. The standard InChI is InChI=1S/C23H25N3O4/c1-13(2)14-4-6-15(7-5-14)16-10-17-18(19(27)11-16)12-24-21-20(17)22(28)25-23(29)26(21)8-9-30-3/h4-7,12-13,16H,8-11H2,1-3H3,(H,25,28,29)/t16-/m1/s1. The second-order valence-electron chi connectivity index (χ2n) is 8.10. The summed E-state index contributed by atoms with van der Waals surface area (Å²) in [5.74, 6) is 0.387. The Labute approximate surface area is 173 Å². The zero-order valence-corrected chi connectivity index (χ0v) is 17.4. The van der Waals surface area contributed by atoms with Crippen molar-refractivity contribution in [2.75, 3.05) is 13.7 Å². The van der Waals surface area contributed by atoms with Gasteiger partial charge in [-0.15, -0.1) is 0 Å². The summed E-state index contributed by atoms with van der Waals surface area (Å²) in [6.07, 6.45) is 2.43. The molecule has 2 aromatic heterocycles. The molecule has 0 spiro atoms. The summed E-state index contributed by atoms with van der Waals surface area (Å²) in [5, 5.41) is 0.319. The molecule has 1 aliphatic carbocycles. The Hall–Kier alpha value is -3.06. The summed E-state index contributed by atoms with van der Waals surface area (Å²) >= 11 is 0. The summed E-state index contributed by atoms with van der Waals surface area (Å²) in [7, 11) is 1.54. The van der Waals surface area contributed by atoms with E-state index in [0.717, 1.165) is 5.56 Å². The Morgan fingerprint density at radius 1 is 1.17 bits per heavy atom. The van der Waals surface area contributed by atoms with E-state index in [-0.39, 0.29) is 18.2 Å². The molecule has 156 valence electrons. The van der Waals surface area contributed by atoms with Gasteiger partial charge in [0, 0.05) is 25.3 Å². The van der Waals surface area contributed by atoms with Crippen LogP contribution in [0.1, 0.15) is 59.2 Å². The van der Waals surface area contributed by atoms with Crippen molar-refractivity contribution in [1.29, 1.82) is 0 Å². The maximum Gasteiger partial charge on any atom is 0.330 e. The number of ether oxygens (including phenoxy) is 1. The number of hydrogen-bond donors (Lipinski definition) is 1. The number of aromatic nitrogens is 3. The van der Waals surface area contributed by atoms with E-state index in [4.69, 9.17) is 4.74 Å². The normalized spacial score (nSPS) is 16.3. The highest BCUT2D eigenvalue weighted by atomic mass is 16.5. The summed E-state index contributed by atoms with van der Waals surface area (Å²) in [6, 6.07) is 8.33. The van der Waals surface area contributed by atoms with E-state index in [0.29, 0.717) is 47.5 Å². The van der Waals surface area contributed by atoms with Gasteiger partial charge in [0.05, 0.1) is 18.5 Å². The fourth-order valence-corrected chi connectivity index (χ4v) is 4.19. The highest BCUT2D eigenvalue weighted by Gasteiger charge is 2.30. The van der Waals surface area contributed by atoms with Crippen molar-refractivity contribution < 1.29 is 9.53 Å². The molecule has 0 fully saturated rings. The molecule has 30 heavy (non-hydrogen) atoms. The molecule has 0 unspecified atom stereocenters. The maximum absolute atomic E-state index is 12.9. The lowest BCUT2D eigenvalue weighted by molar-refractivity contribution is 0.0964. The third-order valence-electron chi connectivity index (χ3n) is 5.89. The first-order valence-electron chi connectivity index (χ1n) is 10.2. The lowest BCUT2D eigenvalue weighted by atomic mass is 9.79. The van der Waals surface area contributed by atoms with E-state index in [9.17, 15) is 14.4 Å². The number of rotatable bonds is 5. The minimum Gasteiger partial charge on any atom is -0.383 e. The molecule has 0 aliphatic heterocycles. The van der Waals surface area contributed by atoms with Gasteiger partial charge in [0.25, 0.3) is 5.56 Å². The van der Waals surface area contributed by atoms with Gasteiger partial charge in [-0.25, -0.2) is 9.78 Å². The molecule has 2 heterocycles. The van der Waals surface area contributed by atoms with Gasteiger partial charge in [-0.3, -0.25) is 19.1 Å². The van der Waals surface area contributed by atoms with Crippen LogP contribution in [-0.4, -0.2) is 34.0 Å². The van der Waals surface area contributed by atoms with Gasteiger partial charge >= 0.3 is 5.69 Å². The second-order valence-corrected chi connectivity index (χ2v) is 8.10.